The van der Waals surface area contributed by atoms with Gasteiger partial charge in [-0.25, -0.2) is 4.99 Å². The molecule has 0 bridgehead atoms. The van der Waals surface area contributed by atoms with Gasteiger partial charge in [0.2, 0.25) is 0 Å². The molecule has 0 atom stereocenters. The smallest absolute Gasteiger partial charge is 0.0714 e. The molecule has 0 aliphatic carbocycles. The third-order valence-corrected chi connectivity index (χ3v) is 6.55. The molecule has 0 saturated carbocycles. The SMILES string of the molecule is C=C(N=C(/C=C(\C)c1ccccc1)c1ccc(-c2cccc3ccccc23)cc1C)c1ccccc1. The Balaban J connectivity index is 1.60. The highest BCUT2D eigenvalue weighted by Gasteiger charge is 2.11. The van der Waals surface area contributed by atoms with Crippen LogP contribution in [0.2, 0.25) is 0 Å². The van der Waals surface area contributed by atoms with Gasteiger partial charge in [-0.1, -0.05) is 128 Å². The molecule has 0 unspecified atom stereocenters. The van der Waals surface area contributed by atoms with Crippen LogP contribution in [0.15, 0.2) is 139 Å². The Kier molecular flexibility index (Phi) is 6.73. The summed E-state index contributed by atoms with van der Waals surface area (Å²) in [5.74, 6) is 0. The molecule has 0 aliphatic heterocycles. The largest absolute Gasteiger partial charge is 0.248 e. The Bertz CT molecular complexity index is 1580. The molecule has 5 aromatic rings. The van der Waals surface area contributed by atoms with Crippen molar-refractivity contribution in [1.29, 1.82) is 0 Å². The van der Waals surface area contributed by atoms with Crippen molar-refractivity contribution in [2.45, 2.75) is 13.8 Å². The van der Waals surface area contributed by atoms with Crippen molar-refractivity contribution >= 4 is 27.8 Å². The highest BCUT2D eigenvalue weighted by atomic mass is 14.8. The van der Waals surface area contributed by atoms with Crippen LogP contribution >= 0.6 is 0 Å². The van der Waals surface area contributed by atoms with Gasteiger partial charge in [-0.3, -0.25) is 0 Å². The van der Waals surface area contributed by atoms with Gasteiger partial charge in [-0.05, 0) is 64.1 Å². The van der Waals surface area contributed by atoms with Crippen LogP contribution in [0.5, 0.6) is 0 Å². The van der Waals surface area contributed by atoms with Crippen LogP contribution in [0.1, 0.15) is 29.2 Å². The first kappa shape index (κ1) is 23.3. The van der Waals surface area contributed by atoms with E-state index in [4.69, 9.17) is 4.99 Å². The highest BCUT2D eigenvalue weighted by Crippen LogP contribution is 2.31. The number of benzene rings is 5. The monoisotopic (exact) mass is 463 g/mol. The molecule has 0 amide bonds. The summed E-state index contributed by atoms with van der Waals surface area (Å²) in [6, 6.07) is 42.3. The fourth-order valence-corrected chi connectivity index (χ4v) is 4.60. The second-order valence-corrected chi connectivity index (χ2v) is 9.06. The lowest BCUT2D eigenvalue weighted by Gasteiger charge is -2.13. The quantitative estimate of drug-likeness (QED) is 0.222. The maximum Gasteiger partial charge on any atom is 0.0714 e. The summed E-state index contributed by atoms with van der Waals surface area (Å²) in [5.41, 5.74) is 9.75. The average molecular weight is 464 g/mol. The van der Waals surface area contributed by atoms with E-state index in [0.29, 0.717) is 0 Å². The Morgan fingerprint density at radius 3 is 2.06 bits per heavy atom. The predicted octanol–water partition coefficient (Wildman–Crippen LogP) is 9.38. The molecule has 0 aromatic heterocycles. The Hall–Kier alpha value is -4.49. The minimum absolute atomic E-state index is 0.750. The van der Waals surface area contributed by atoms with Gasteiger partial charge in [-0.2, -0.15) is 0 Å². The van der Waals surface area contributed by atoms with Crippen LogP contribution in [0.25, 0.3) is 33.2 Å². The number of rotatable bonds is 6. The summed E-state index contributed by atoms with van der Waals surface area (Å²) >= 11 is 0. The molecule has 1 heteroatoms. The maximum absolute atomic E-state index is 5.04. The molecule has 36 heavy (non-hydrogen) atoms. The Labute approximate surface area is 213 Å². The molecule has 0 aliphatic rings. The van der Waals surface area contributed by atoms with E-state index in [9.17, 15) is 0 Å². The number of hydrogen-bond donors (Lipinski definition) is 0. The van der Waals surface area contributed by atoms with E-state index in [0.717, 1.165) is 28.1 Å². The molecule has 174 valence electrons. The lowest BCUT2D eigenvalue weighted by Crippen LogP contribution is -2.02. The summed E-state index contributed by atoms with van der Waals surface area (Å²) in [7, 11) is 0. The standard InChI is InChI=1S/C35H29N/c1-25(28-13-6-4-7-14-28)24-35(36-27(3)29-15-8-5-9-16-29)32-22-21-31(23-26(32)2)34-20-12-18-30-17-10-11-19-33(30)34/h4-24H,3H2,1-2H3/b25-24+,36-35?. The van der Waals surface area contributed by atoms with E-state index in [1.54, 1.807) is 0 Å². The van der Waals surface area contributed by atoms with Crippen molar-refractivity contribution in [1.82, 2.24) is 0 Å². The minimum atomic E-state index is 0.750. The normalized spacial score (nSPS) is 12.1. The van der Waals surface area contributed by atoms with Crippen molar-refractivity contribution in [3.63, 3.8) is 0 Å². The number of aryl methyl sites for hydroxylation is 1. The van der Waals surface area contributed by atoms with Crippen molar-refractivity contribution in [2.24, 2.45) is 4.99 Å². The summed E-state index contributed by atoms with van der Waals surface area (Å²) < 4.78 is 0. The summed E-state index contributed by atoms with van der Waals surface area (Å²) in [6.45, 7) is 8.58. The zero-order valence-corrected chi connectivity index (χ0v) is 20.8. The van der Waals surface area contributed by atoms with Gasteiger partial charge in [0.05, 0.1) is 11.4 Å². The first-order valence-electron chi connectivity index (χ1n) is 12.3. The van der Waals surface area contributed by atoms with Crippen LogP contribution in [0, 0.1) is 6.92 Å². The molecule has 5 rings (SSSR count). The zero-order valence-electron chi connectivity index (χ0n) is 20.8. The van der Waals surface area contributed by atoms with Crippen LogP contribution in [0.3, 0.4) is 0 Å². The molecule has 0 fully saturated rings. The third kappa shape index (κ3) is 4.96. The van der Waals surface area contributed by atoms with Gasteiger partial charge >= 0.3 is 0 Å². The fraction of sp³-hybridized carbons (Fsp3) is 0.0571. The van der Waals surface area contributed by atoms with E-state index in [-0.39, 0.29) is 0 Å². The Morgan fingerprint density at radius 2 is 1.33 bits per heavy atom. The molecule has 0 heterocycles. The van der Waals surface area contributed by atoms with Crippen molar-refractivity contribution < 1.29 is 0 Å². The topological polar surface area (TPSA) is 12.4 Å². The second-order valence-electron chi connectivity index (χ2n) is 9.06. The summed E-state index contributed by atoms with van der Waals surface area (Å²) in [4.78, 5) is 5.04. The van der Waals surface area contributed by atoms with Gasteiger partial charge in [0.25, 0.3) is 0 Å². The lowest BCUT2D eigenvalue weighted by molar-refractivity contribution is 1.42. The van der Waals surface area contributed by atoms with Gasteiger partial charge < -0.3 is 0 Å². The van der Waals surface area contributed by atoms with Crippen molar-refractivity contribution in [3.05, 3.63) is 156 Å². The zero-order chi connectivity index (χ0) is 24.9. The predicted molar refractivity (Wildman–Crippen MR) is 156 cm³/mol. The lowest BCUT2D eigenvalue weighted by atomic mass is 9.93. The van der Waals surface area contributed by atoms with Crippen LogP contribution in [-0.4, -0.2) is 5.71 Å². The first-order chi connectivity index (χ1) is 17.6. The number of fused-ring (bicyclic) bond motifs is 1. The van der Waals surface area contributed by atoms with Crippen LogP contribution < -0.4 is 0 Å². The number of nitrogens with zero attached hydrogens (tertiary/aromatic N) is 1. The summed E-state index contributed by atoms with van der Waals surface area (Å²) in [5, 5.41) is 2.51. The van der Waals surface area contributed by atoms with E-state index < -0.39 is 0 Å². The van der Waals surface area contributed by atoms with E-state index in [1.165, 1.54) is 33.0 Å². The Morgan fingerprint density at radius 1 is 0.694 bits per heavy atom. The van der Waals surface area contributed by atoms with Gasteiger partial charge in [-0.15, -0.1) is 0 Å². The van der Waals surface area contributed by atoms with Crippen LogP contribution in [-0.2, 0) is 0 Å². The number of hydrogen-bond acceptors (Lipinski definition) is 1. The van der Waals surface area contributed by atoms with Crippen molar-refractivity contribution in [2.75, 3.05) is 0 Å². The van der Waals surface area contributed by atoms with E-state index in [2.05, 4.69) is 111 Å². The van der Waals surface area contributed by atoms with Crippen molar-refractivity contribution in [3.8, 4) is 11.1 Å². The minimum Gasteiger partial charge on any atom is -0.248 e. The highest BCUT2D eigenvalue weighted by molar-refractivity contribution is 6.15. The molecule has 0 radical (unpaired) electrons. The van der Waals surface area contributed by atoms with Gasteiger partial charge in [0.15, 0.2) is 0 Å². The average Bonchev–Trinajstić information content (AvgIpc) is 2.93. The molecule has 0 spiro atoms. The third-order valence-electron chi connectivity index (χ3n) is 6.55. The summed E-state index contributed by atoms with van der Waals surface area (Å²) in [6.07, 6.45) is 2.17. The molecular weight excluding hydrogens is 434 g/mol. The number of aliphatic imine (C=N–C) groups is 1. The first-order valence-corrected chi connectivity index (χ1v) is 12.3. The molecular formula is C35H29N. The van der Waals surface area contributed by atoms with Crippen LogP contribution in [0.4, 0.5) is 0 Å². The fourth-order valence-electron chi connectivity index (χ4n) is 4.60. The molecule has 1 nitrogen and oxygen atoms in total. The molecule has 5 aromatic carbocycles. The van der Waals surface area contributed by atoms with Gasteiger partial charge in [0.1, 0.15) is 0 Å². The van der Waals surface area contributed by atoms with E-state index >= 15 is 0 Å². The number of allylic oxidation sites excluding steroid dienone is 2. The molecule has 0 saturated heterocycles. The second kappa shape index (κ2) is 10.4. The van der Waals surface area contributed by atoms with Gasteiger partial charge in [0, 0.05) is 5.56 Å². The maximum atomic E-state index is 5.04. The van der Waals surface area contributed by atoms with E-state index in [1.807, 2.05) is 36.4 Å². The molecule has 0 N–H and O–H groups in total.